The zero-order valence-electron chi connectivity index (χ0n) is 11.6. The molecule has 1 aromatic carbocycles. The fourth-order valence-corrected chi connectivity index (χ4v) is 1.73. The summed E-state index contributed by atoms with van der Waals surface area (Å²) in [5, 5.41) is 11.6. The van der Waals surface area contributed by atoms with E-state index in [9.17, 15) is 4.79 Å². The van der Waals surface area contributed by atoms with Crippen molar-refractivity contribution < 1.29 is 9.90 Å². The Morgan fingerprint density at radius 3 is 2.84 bits per heavy atom. The lowest BCUT2D eigenvalue weighted by atomic mass is 10.1. The van der Waals surface area contributed by atoms with Crippen LogP contribution in [0.25, 0.3) is 0 Å². The first-order chi connectivity index (χ1) is 9.17. The number of benzene rings is 1. The number of nitrogens with one attached hydrogen (secondary N) is 1. The second kappa shape index (κ2) is 8.34. The van der Waals surface area contributed by atoms with E-state index in [0.717, 1.165) is 36.1 Å². The average molecular weight is 259 g/mol. The molecule has 3 nitrogen and oxygen atoms in total. The van der Waals surface area contributed by atoms with E-state index in [-0.39, 0.29) is 12.5 Å². The summed E-state index contributed by atoms with van der Waals surface area (Å²) in [6, 6.07) is 5.63. The molecule has 2 N–H and O–H groups in total. The normalized spacial score (nSPS) is 9.63. The number of aliphatic hydroxyl groups excluding tert-OH is 1. The van der Waals surface area contributed by atoms with Crippen LogP contribution in [0, 0.1) is 18.8 Å². The number of carbonyl (C=O) groups is 1. The molecule has 0 saturated heterocycles. The minimum absolute atomic E-state index is 0.0402. The van der Waals surface area contributed by atoms with E-state index in [4.69, 9.17) is 5.11 Å². The first-order valence-electron chi connectivity index (χ1n) is 6.67. The van der Waals surface area contributed by atoms with Crippen molar-refractivity contribution >= 4 is 11.6 Å². The molecule has 102 valence electrons. The molecule has 0 aliphatic rings. The Kier molecular flexibility index (Phi) is 6.70. The number of unbranched alkanes of at least 4 members (excludes halogenated alkanes) is 2. The van der Waals surface area contributed by atoms with Gasteiger partial charge in [-0.05, 0) is 31.0 Å². The molecule has 0 bridgehead atoms. The molecule has 0 heterocycles. The van der Waals surface area contributed by atoms with Crippen molar-refractivity contribution in [2.24, 2.45) is 0 Å². The van der Waals surface area contributed by atoms with E-state index in [1.165, 1.54) is 0 Å². The van der Waals surface area contributed by atoms with Crippen LogP contribution in [0.4, 0.5) is 5.69 Å². The van der Waals surface area contributed by atoms with Crippen LogP contribution >= 0.6 is 0 Å². The predicted octanol–water partition coefficient (Wildman–Crippen LogP) is 2.86. The van der Waals surface area contributed by atoms with E-state index in [2.05, 4.69) is 24.1 Å². The Morgan fingerprint density at radius 1 is 1.37 bits per heavy atom. The standard InChI is InChI=1S/C16H21NO2/c1-3-4-5-8-16(19)17-15-10-9-13(2)14(12-15)7-6-11-18/h9-10,12,18H,3-5,8,11H2,1-2H3,(H,17,19). The molecular weight excluding hydrogens is 238 g/mol. The van der Waals surface area contributed by atoms with Crippen LogP contribution in [-0.2, 0) is 4.79 Å². The summed E-state index contributed by atoms with van der Waals surface area (Å²) in [6.07, 6.45) is 3.66. The number of carbonyl (C=O) groups excluding carboxylic acids is 1. The Labute approximate surface area is 115 Å². The number of aliphatic hydroxyl groups is 1. The highest BCUT2D eigenvalue weighted by molar-refractivity contribution is 5.90. The number of hydrogen-bond acceptors (Lipinski definition) is 2. The van der Waals surface area contributed by atoms with Gasteiger partial charge in [-0.2, -0.15) is 0 Å². The molecule has 19 heavy (non-hydrogen) atoms. The van der Waals surface area contributed by atoms with Crippen LogP contribution in [0.2, 0.25) is 0 Å². The summed E-state index contributed by atoms with van der Waals surface area (Å²) in [4.78, 5) is 11.7. The highest BCUT2D eigenvalue weighted by Gasteiger charge is 2.03. The Morgan fingerprint density at radius 2 is 2.16 bits per heavy atom. The van der Waals surface area contributed by atoms with E-state index >= 15 is 0 Å². The smallest absolute Gasteiger partial charge is 0.224 e. The van der Waals surface area contributed by atoms with Crippen molar-refractivity contribution in [3.8, 4) is 11.8 Å². The van der Waals surface area contributed by atoms with Gasteiger partial charge in [0.05, 0.1) is 0 Å². The zero-order chi connectivity index (χ0) is 14.1. The Bertz CT molecular complexity index is 483. The summed E-state index contributed by atoms with van der Waals surface area (Å²) in [6.45, 7) is 3.91. The second-order valence-electron chi connectivity index (χ2n) is 4.49. The molecule has 1 rings (SSSR count). The monoisotopic (exact) mass is 259 g/mol. The third-order valence-electron chi connectivity index (χ3n) is 2.83. The van der Waals surface area contributed by atoms with Gasteiger partial charge >= 0.3 is 0 Å². The zero-order valence-corrected chi connectivity index (χ0v) is 11.6. The Hall–Kier alpha value is -1.79. The van der Waals surface area contributed by atoms with Gasteiger partial charge < -0.3 is 10.4 Å². The molecule has 1 aromatic rings. The van der Waals surface area contributed by atoms with Gasteiger partial charge in [-0.15, -0.1) is 0 Å². The van der Waals surface area contributed by atoms with Crippen LogP contribution in [0.3, 0.4) is 0 Å². The number of rotatable bonds is 5. The van der Waals surface area contributed by atoms with E-state index in [1.807, 2.05) is 25.1 Å². The molecule has 1 amide bonds. The van der Waals surface area contributed by atoms with Crippen LogP contribution in [0.15, 0.2) is 18.2 Å². The van der Waals surface area contributed by atoms with Gasteiger partial charge in [-0.25, -0.2) is 0 Å². The quantitative estimate of drug-likeness (QED) is 0.631. The van der Waals surface area contributed by atoms with Gasteiger partial charge in [0.15, 0.2) is 0 Å². The minimum atomic E-state index is -0.160. The third-order valence-corrected chi connectivity index (χ3v) is 2.83. The second-order valence-corrected chi connectivity index (χ2v) is 4.49. The molecule has 0 spiro atoms. The average Bonchev–Trinajstić information content (AvgIpc) is 2.39. The maximum atomic E-state index is 11.7. The molecule has 0 aliphatic heterocycles. The van der Waals surface area contributed by atoms with Crippen LogP contribution in [0.1, 0.15) is 43.7 Å². The lowest BCUT2D eigenvalue weighted by Gasteiger charge is -2.07. The fraction of sp³-hybridized carbons (Fsp3) is 0.438. The third kappa shape index (κ3) is 5.58. The number of amides is 1. The molecule has 0 saturated carbocycles. The molecule has 0 aliphatic carbocycles. The summed E-state index contributed by atoms with van der Waals surface area (Å²) >= 11 is 0. The van der Waals surface area contributed by atoms with Gasteiger partial charge in [0.2, 0.25) is 5.91 Å². The SMILES string of the molecule is CCCCCC(=O)Nc1ccc(C)c(C#CCO)c1. The summed E-state index contributed by atoms with van der Waals surface area (Å²) < 4.78 is 0. The molecule has 0 aromatic heterocycles. The molecule has 0 atom stereocenters. The maximum absolute atomic E-state index is 11.7. The van der Waals surface area contributed by atoms with E-state index < -0.39 is 0 Å². The predicted molar refractivity (Wildman–Crippen MR) is 77.9 cm³/mol. The van der Waals surface area contributed by atoms with Crippen LogP contribution in [0.5, 0.6) is 0 Å². The van der Waals surface area contributed by atoms with Gasteiger partial charge in [0.1, 0.15) is 6.61 Å². The van der Waals surface area contributed by atoms with Crippen LogP contribution in [-0.4, -0.2) is 17.6 Å². The minimum Gasteiger partial charge on any atom is -0.384 e. The van der Waals surface area contributed by atoms with Crippen LogP contribution < -0.4 is 5.32 Å². The van der Waals surface area contributed by atoms with Crippen molar-refractivity contribution in [3.63, 3.8) is 0 Å². The van der Waals surface area contributed by atoms with E-state index in [1.54, 1.807) is 0 Å². The van der Waals surface area contributed by atoms with Crippen molar-refractivity contribution in [2.45, 2.75) is 39.5 Å². The van der Waals surface area contributed by atoms with Gasteiger partial charge in [-0.1, -0.05) is 37.7 Å². The molecule has 3 heteroatoms. The maximum Gasteiger partial charge on any atom is 0.224 e. The van der Waals surface area contributed by atoms with Crippen molar-refractivity contribution in [2.75, 3.05) is 11.9 Å². The van der Waals surface area contributed by atoms with Gasteiger partial charge in [0, 0.05) is 17.7 Å². The largest absolute Gasteiger partial charge is 0.384 e. The number of anilines is 1. The molecule has 0 fully saturated rings. The van der Waals surface area contributed by atoms with E-state index in [0.29, 0.717) is 6.42 Å². The molecule has 0 unspecified atom stereocenters. The summed E-state index contributed by atoms with van der Waals surface area (Å²) in [5.41, 5.74) is 2.62. The van der Waals surface area contributed by atoms with Gasteiger partial charge in [0.25, 0.3) is 0 Å². The fourth-order valence-electron chi connectivity index (χ4n) is 1.73. The first-order valence-corrected chi connectivity index (χ1v) is 6.67. The highest BCUT2D eigenvalue weighted by atomic mass is 16.2. The van der Waals surface area contributed by atoms with Crippen molar-refractivity contribution in [1.29, 1.82) is 0 Å². The molecular formula is C16H21NO2. The molecule has 0 radical (unpaired) electrons. The Balaban J connectivity index is 2.66. The lowest BCUT2D eigenvalue weighted by molar-refractivity contribution is -0.116. The summed E-state index contributed by atoms with van der Waals surface area (Å²) in [7, 11) is 0. The number of hydrogen-bond donors (Lipinski definition) is 2. The number of aryl methyl sites for hydroxylation is 1. The topological polar surface area (TPSA) is 49.3 Å². The van der Waals surface area contributed by atoms with Gasteiger partial charge in [-0.3, -0.25) is 4.79 Å². The lowest BCUT2D eigenvalue weighted by Crippen LogP contribution is -2.11. The highest BCUT2D eigenvalue weighted by Crippen LogP contribution is 2.15. The van der Waals surface area contributed by atoms with Crippen molar-refractivity contribution in [3.05, 3.63) is 29.3 Å². The summed E-state index contributed by atoms with van der Waals surface area (Å²) in [5.74, 6) is 5.54. The first kappa shape index (κ1) is 15.3. The van der Waals surface area contributed by atoms with Crippen molar-refractivity contribution in [1.82, 2.24) is 0 Å².